The maximum absolute atomic E-state index is 13.4. The van der Waals surface area contributed by atoms with Gasteiger partial charge in [-0.3, -0.25) is 9.59 Å². The number of amides is 1. The zero-order chi connectivity index (χ0) is 21.7. The molecule has 0 aliphatic rings. The number of hydrogen-bond acceptors (Lipinski definition) is 6. The van der Waals surface area contributed by atoms with Crippen LogP contribution in [-0.2, 0) is 16.0 Å². The van der Waals surface area contributed by atoms with Gasteiger partial charge < -0.3 is 15.4 Å². The van der Waals surface area contributed by atoms with E-state index in [0.717, 1.165) is 0 Å². The third-order valence-electron chi connectivity index (χ3n) is 4.22. The van der Waals surface area contributed by atoms with E-state index in [0.29, 0.717) is 40.3 Å². The Hall–Kier alpha value is -3.26. The summed E-state index contributed by atoms with van der Waals surface area (Å²) in [6.07, 6.45) is 1.47. The van der Waals surface area contributed by atoms with Crippen LogP contribution < -0.4 is 15.4 Å². The molecule has 0 spiro atoms. The second-order valence-corrected chi connectivity index (χ2v) is 6.92. The van der Waals surface area contributed by atoms with E-state index < -0.39 is 5.82 Å². The van der Waals surface area contributed by atoms with Gasteiger partial charge in [-0.2, -0.15) is 0 Å². The van der Waals surface area contributed by atoms with Gasteiger partial charge in [0.1, 0.15) is 23.7 Å². The Kier molecular flexibility index (Phi) is 6.79. The first kappa shape index (κ1) is 21.4. The molecule has 0 unspecified atom stereocenters. The third kappa shape index (κ3) is 5.21. The summed E-state index contributed by atoms with van der Waals surface area (Å²) >= 11 is 5.86. The molecule has 0 bridgehead atoms. The Balaban J connectivity index is 1.97. The fourth-order valence-electron chi connectivity index (χ4n) is 2.86. The van der Waals surface area contributed by atoms with Crippen molar-refractivity contribution in [2.24, 2.45) is 0 Å². The molecule has 0 aliphatic heterocycles. The van der Waals surface area contributed by atoms with E-state index in [1.165, 1.54) is 25.4 Å². The minimum absolute atomic E-state index is 0.0127. The van der Waals surface area contributed by atoms with Gasteiger partial charge in [0.2, 0.25) is 5.91 Å². The van der Waals surface area contributed by atoms with Crippen LogP contribution in [0.5, 0.6) is 5.75 Å². The number of nitrogens with zero attached hydrogens (tertiary/aromatic N) is 2. The van der Waals surface area contributed by atoms with E-state index in [2.05, 4.69) is 20.6 Å². The number of ether oxygens (including phenoxy) is 1. The zero-order valence-corrected chi connectivity index (χ0v) is 17.2. The van der Waals surface area contributed by atoms with Crippen LogP contribution in [0.4, 0.5) is 15.9 Å². The summed E-state index contributed by atoms with van der Waals surface area (Å²) in [5.74, 6) is 0.0555. The lowest BCUT2D eigenvalue weighted by atomic mass is 10.0. The molecule has 2 aromatic carbocycles. The highest BCUT2D eigenvalue weighted by atomic mass is 35.5. The van der Waals surface area contributed by atoms with Gasteiger partial charge in [-0.1, -0.05) is 11.6 Å². The molecule has 0 fully saturated rings. The summed E-state index contributed by atoms with van der Waals surface area (Å²) in [6.45, 7) is 3.55. The molecule has 1 heterocycles. The van der Waals surface area contributed by atoms with Crippen molar-refractivity contribution in [2.75, 3.05) is 18.5 Å². The fraction of sp³-hybridized carbons (Fsp3) is 0.238. The number of ketones is 1. The minimum Gasteiger partial charge on any atom is -0.494 e. The van der Waals surface area contributed by atoms with Crippen LogP contribution in [0.25, 0.3) is 10.9 Å². The first-order valence-electron chi connectivity index (χ1n) is 9.26. The molecule has 0 atom stereocenters. The number of fused-ring (bicyclic) bond motifs is 1. The van der Waals surface area contributed by atoms with Gasteiger partial charge >= 0.3 is 0 Å². The van der Waals surface area contributed by atoms with Crippen molar-refractivity contribution < 1.29 is 18.7 Å². The molecular weight excluding hydrogens is 411 g/mol. The largest absolute Gasteiger partial charge is 0.494 e. The Morgan fingerprint density at radius 3 is 2.70 bits per heavy atom. The summed E-state index contributed by atoms with van der Waals surface area (Å²) in [6, 6.07) is 7.77. The Morgan fingerprint density at radius 2 is 2.00 bits per heavy atom. The van der Waals surface area contributed by atoms with Crippen LogP contribution in [0.15, 0.2) is 36.7 Å². The zero-order valence-electron chi connectivity index (χ0n) is 16.5. The number of aromatic nitrogens is 2. The molecule has 0 aliphatic carbocycles. The van der Waals surface area contributed by atoms with Crippen molar-refractivity contribution in [3.05, 3.63) is 53.1 Å². The van der Waals surface area contributed by atoms with Gasteiger partial charge in [0, 0.05) is 36.0 Å². The van der Waals surface area contributed by atoms with Crippen LogP contribution in [-0.4, -0.2) is 34.8 Å². The van der Waals surface area contributed by atoms with Crippen LogP contribution in [0.1, 0.15) is 19.4 Å². The number of benzene rings is 2. The van der Waals surface area contributed by atoms with Crippen molar-refractivity contribution >= 4 is 45.7 Å². The van der Waals surface area contributed by atoms with Gasteiger partial charge in [-0.15, -0.1) is 0 Å². The minimum atomic E-state index is -0.518. The van der Waals surface area contributed by atoms with Crippen LogP contribution in [0, 0.1) is 5.82 Å². The van der Waals surface area contributed by atoms with Crippen molar-refractivity contribution in [2.45, 2.75) is 20.3 Å². The number of anilines is 2. The summed E-state index contributed by atoms with van der Waals surface area (Å²) in [7, 11) is 0. The quantitative estimate of drug-likeness (QED) is 0.564. The number of Topliss-reactive ketones (excluding diaryl/α,β-unsaturated/α-hetero) is 1. The van der Waals surface area contributed by atoms with E-state index >= 15 is 0 Å². The molecule has 30 heavy (non-hydrogen) atoms. The Labute approximate surface area is 177 Å². The van der Waals surface area contributed by atoms with Crippen LogP contribution in [0.3, 0.4) is 0 Å². The van der Waals surface area contributed by atoms with E-state index in [-0.39, 0.29) is 29.7 Å². The van der Waals surface area contributed by atoms with Gasteiger partial charge in [0.25, 0.3) is 0 Å². The smallest absolute Gasteiger partial charge is 0.217 e. The van der Waals surface area contributed by atoms with Crippen molar-refractivity contribution in [3.63, 3.8) is 0 Å². The van der Waals surface area contributed by atoms with Crippen molar-refractivity contribution in [1.29, 1.82) is 0 Å². The molecule has 156 valence electrons. The van der Waals surface area contributed by atoms with Gasteiger partial charge in [-0.05, 0) is 31.2 Å². The summed E-state index contributed by atoms with van der Waals surface area (Å²) in [5, 5.41) is 6.24. The monoisotopic (exact) mass is 430 g/mol. The number of rotatable bonds is 8. The fourth-order valence-corrected chi connectivity index (χ4v) is 3.05. The van der Waals surface area contributed by atoms with Crippen molar-refractivity contribution in [1.82, 2.24) is 15.3 Å². The third-order valence-corrected chi connectivity index (χ3v) is 4.51. The molecule has 7 nitrogen and oxygen atoms in total. The van der Waals surface area contributed by atoms with E-state index in [9.17, 15) is 14.0 Å². The number of nitrogens with one attached hydrogen (secondary N) is 2. The number of carbonyl (C=O) groups is 2. The second kappa shape index (κ2) is 9.49. The maximum atomic E-state index is 13.4. The average Bonchev–Trinajstić information content (AvgIpc) is 2.70. The highest BCUT2D eigenvalue weighted by Crippen LogP contribution is 2.31. The predicted molar refractivity (Wildman–Crippen MR) is 113 cm³/mol. The van der Waals surface area contributed by atoms with E-state index in [1.807, 2.05) is 6.92 Å². The summed E-state index contributed by atoms with van der Waals surface area (Å²) in [4.78, 5) is 31.9. The Morgan fingerprint density at radius 1 is 1.20 bits per heavy atom. The lowest BCUT2D eigenvalue weighted by molar-refractivity contribution is -0.123. The number of hydrogen-bond donors (Lipinski definition) is 2. The van der Waals surface area contributed by atoms with Gasteiger partial charge in [0.05, 0.1) is 23.7 Å². The van der Waals surface area contributed by atoms with Crippen LogP contribution in [0.2, 0.25) is 5.02 Å². The van der Waals surface area contributed by atoms with Gasteiger partial charge in [0.15, 0.2) is 5.78 Å². The lowest BCUT2D eigenvalue weighted by Gasteiger charge is -2.14. The first-order chi connectivity index (χ1) is 14.4. The molecule has 1 aromatic heterocycles. The highest BCUT2D eigenvalue weighted by Gasteiger charge is 2.15. The molecule has 3 rings (SSSR count). The van der Waals surface area contributed by atoms with Crippen molar-refractivity contribution in [3.8, 4) is 5.75 Å². The average molecular weight is 431 g/mol. The Bertz CT molecular complexity index is 1110. The molecular formula is C21H20ClFN4O3. The molecule has 0 radical (unpaired) electrons. The maximum Gasteiger partial charge on any atom is 0.217 e. The number of carbonyl (C=O) groups excluding carboxylic acids is 2. The molecule has 1 amide bonds. The second-order valence-electron chi connectivity index (χ2n) is 6.51. The van der Waals surface area contributed by atoms with Crippen LogP contribution >= 0.6 is 11.6 Å². The van der Waals surface area contributed by atoms with E-state index in [1.54, 1.807) is 18.2 Å². The summed E-state index contributed by atoms with van der Waals surface area (Å²) in [5.41, 5.74) is 1.82. The highest BCUT2D eigenvalue weighted by molar-refractivity contribution is 6.31. The molecule has 9 heteroatoms. The normalized spacial score (nSPS) is 10.7. The van der Waals surface area contributed by atoms with Gasteiger partial charge in [-0.25, -0.2) is 14.4 Å². The molecule has 0 saturated carbocycles. The predicted octanol–water partition coefficient (Wildman–Crippen LogP) is 3.81. The first-order valence-corrected chi connectivity index (χ1v) is 9.63. The topological polar surface area (TPSA) is 93.2 Å². The number of halogens is 2. The standard InChI is InChI=1S/C21H20ClFN4O3/c1-3-30-20-9-19-16(7-13(20)6-15(29)10-24-12(2)28)21(26-11-25-19)27-14-4-5-18(23)17(22)8-14/h4-5,7-9,11H,3,6,10H2,1-2H3,(H,24,28)(H,25,26,27). The van der Waals surface area contributed by atoms with E-state index in [4.69, 9.17) is 16.3 Å². The SMILES string of the molecule is CCOc1cc2ncnc(Nc3ccc(F)c(Cl)c3)c2cc1CC(=O)CNC(C)=O. The molecule has 0 saturated heterocycles. The molecule has 2 N–H and O–H groups in total. The molecule has 3 aromatic rings. The summed E-state index contributed by atoms with van der Waals surface area (Å²) < 4.78 is 19.1. The lowest BCUT2D eigenvalue weighted by Crippen LogP contribution is -2.28.